The van der Waals surface area contributed by atoms with Crippen molar-refractivity contribution < 1.29 is 19.5 Å². The van der Waals surface area contributed by atoms with E-state index in [4.69, 9.17) is 0 Å². The van der Waals surface area contributed by atoms with E-state index in [2.05, 4.69) is 59.2 Å². The number of rotatable bonds is 5. The molecule has 6 heteroatoms. The molecule has 0 unspecified atom stereocenters. The van der Waals surface area contributed by atoms with Crippen molar-refractivity contribution in [3.05, 3.63) is 144 Å². The molecule has 222 valence electrons. The molecule has 0 aliphatic rings. The molecule has 9 rings (SSSR count). The molecule has 9 aromatic rings. The van der Waals surface area contributed by atoms with Crippen LogP contribution < -0.4 is 10.6 Å². The molecule has 0 radical (unpaired) electrons. The summed E-state index contributed by atoms with van der Waals surface area (Å²) in [5, 5.41) is 28.4. The minimum Gasteiger partial charge on any atom is -0.478 e. The number of amides is 2. The van der Waals surface area contributed by atoms with Crippen molar-refractivity contribution >= 4 is 93.8 Å². The Morgan fingerprint density at radius 1 is 0.383 bits per heavy atom. The summed E-state index contributed by atoms with van der Waals surface area (Å²) in [5.41, 5.74) is 1.33. The number of hydrogen-bond donors (Lipinski definition) is 3. The highest BCUT2D eigenvalue weighted by molar-refractivity contribution is 6.26. The molecule has 3 N–H and O–H groups in total. The van der Waals surface area contributed by atoms with Crippen LogP contribution in [0.4, 0.5) is 11.4 Å². The number of benzene rings is 9. The van der Waals surface area contributed by atoms with Crippen molar-refractivity contribution in [3.8, 4) is 0 Å². The van der Waals surface area contributed by atoms with E-state index in [0.29, 0.717) is 11.1 Å². The lowest BCUT2D eigenvalue weighted by atomic mass is 9.93. The smallest absolute Gasteiger partial charge is 0.335 e. The van der Waals surface area contributed by atoms with Crippen LogP contribution in [0.3, 0.4) is 0 Å². The second-order valence-corrected chi connectivity index (χ2v) is 12.0. The van der Waals surface area contributed by atoms with Crippen molar-refractivity contribution in [1.82, 2.24) is 0 Å². The molecule has 47 heavy (non-hydrogen) atoms. The van der Waals surface area contributed by atoms with Crippen LogP contribution >= 0.6 is 0 Å². The van der Waals surface area contributed by atoms with E-state index < -0.39 is 5.97 Å². The first-order valence-corrected chi connectivity index (χ1v) is 15.3. The van der Waals surface area contributed by atoms with Crippen LogP contribution in [0.25, 0.3) is 64.6 Å². The molecule has 0 saturated carbocycles. The number of carboxylic acids is 1. The SMILES string of the molecule is O=C(O)c1cc(NC(=O)c2cc3ccc4cccc5ccc(c2)c3c45)cc(NC(=O)c2cc3ccc4cccc5ccc(c2)c3c45)c1. The van der Waals surface area contributed by atoms with E-state index in [-0.39, 0.29) is 28.8 Å². The summed E-state index contributed by atoms with van der Waals surface area (Å²) in [7, 11) is 0. The molecular weight excluding hydrogens is 584 g/mol. The summed E-state index contributed by atoms with van der Waals surface area (Å²) in [5.74, 6) is -1.95. The number of nitrogens with one attached hydrogen (secondary N) is 2. The van der Waals surface area contributed by atoms with Gasteiger partial charge in [0, 0.05) is 22.5 Å². The molecule has 0 aliphatic heterocycles. The van der Waals surface area contributed by atoms with Crippen LogP contribution in [0.2, 0.25) is 0 Å². The predicted octanol–water partition coefficient (Wildman–Crippen LogP) is 9.68. The van der Waals surface area contributed by atoms with Crippen LogP contribution in [0.15, 0.2) is 127 Å². The van der Waals surface area contributed by atoms with Crippen molar-refractivity contribution in [2.45, 2.75) is 0 Å². The standard InChI is InChI=1S/C41H24N2O4/c44-39(30-15-26-11-7-22-3-1-4-23-8-12-27(16-30)37(26)35(22)23)42-33-19-32(41(46)47)20-34(21-33)43-40(45)31-17-28-13-9-24-5-2-6-25-10-14-29(18-31)38(28)36(24)25/h1-21H,(H,42,44)(H,43,45)(H,46,47). The number of carboxylic acid groups (broad SMARTS) is 1. The molecule has 0 bridgehead atoms. The van der Waals surface area contributed by atoms with Gasteiger partial charge in [0.2, 0.25) is 0 Å². The van der Waals surface area contributed by atoms with Gasteiger partial charge in [-0.05, 0) is 107 Å². The minimum absolute atomic E-state index is 0.0656. The Morgan fingerprint density at radius 2 is 0.702 bits per heavy atom. The van der Waals surface area contributed by atoms with Gasteiger partial charge in [0.1, 0.15) is 0 Å². The number of carbonyl (C=O) groups is 3. The van der Waals surface area contributed by atoms with Gasteiger partial charge in [-0.15, -0.1) is 0 Å². The first kappa shape index (κ1) is 26.8. The van der Waals surface area contributed by atoms with Gasteiger partial charge in [-0.25, -0.2) is 4.79 Å². The summed E-state index contributed by atoms with van der Waals surface area (Å²) < 4.78 is 0. The maximum Gasteiger partial charge on any atom is 0.335 e. The van der Waals surface area contributed by atoms with Crippen LogP contribution in [-0.2, 0) is 0 Å². The average molecular weight is 609 g/mol. The Balaban J connectivity index is 1.04. The minimum atomic E-state index is -1.18. The molecule has 0 spiro atoms. The first-order chi connectivity index (χ1) is 22.9. The summed E-state index contributed by atoms with van der Waals surface area (Å²) in [6, 6.07) is 40.4. The van der Waals surface area contributed by atoms with Crippen molar-refractivity contribution in [1.29, 1.82) is 0 Å². The number of hydrogen-bond acceptors (Lipinski definition) is 3. The second-order valence-electron chi connectivity index (χ2n) is 12.0. The summed E-state index contributed by atoms with van der Waals surface area (Å²) in [6.45, 7) is 0. The number of anilines is 2. The van der Waals surface area contributed by atoms with E-state index in [1.807, 2.05) is 60.7 Å². The van der Waals surface area contributed by atoms with Crippen LogP contribution in [0, 0.1) is 0 Å². The molecule has 0 saturated heterocycles. The van der Waals surface area contributed by atoms with E-state index >= 15 is 0 Å². The van der Waals surface area contributed by atoms with Gasteiger partial charge < -0.3 is 15.7 Å². The Morgan fingerprint density at radius 3 is 1.04 bits per heavy atom. The largest absolute Gasteiger partial charge is 0.478 e. The Kier molecular flexibility index (Phi) is 5.70. The molecule has 2 amide bonds. The topological polar surface area (TPSA) is 95.5 Å². The Bertz CT molecular complexity index is 2460. The fraction of sp³-hybridized carbons (Fsp3) is 0. The molecule has 0 atom stereocenters. The normalized spacial score (nSPS) is 11.7. The molecular formula is C41H24N2O4. The van der Waals surface area contributed by atoms with Crippen LogP contribution in [0.1, 0.15) is 31.1 Å². The fourth-order valence-electron chi connectivity index (χ4n) is 7.07. The number of carbonyl (C=O) groups excluding carboxylic acids is 2. The third-order valence-electron chi connectivity index (χ3n) is 9.15. The van der Waals surface area contributed by atoms with Crippen molar-refractivity contribution in [2.75, 3.05) is 10.6 Å². The highest BCUT2D eigenvalue weighted by atomic mass is 16.4. The molecule has 0 aromatic heterocycles. The predicted molar refractivity (Wildman–Crippen MR) is 190 cm³/mol. The number of aromatic carboxylic acids is 1. The monoisotopic (exact) mass is 608 g/mol. The van der Waals surface area contributed by atoms with Gasteiger partial charge in [0.25, 0.3) is 11.8 Å². The molecule has 0 aliphatic carbocycles. The van der Waals surface area contributed by atoms with Gasteiger partial charge in [-0.2, -0.15) is 0 Å². The van der Waals surface area contributed by atoms with E-state index in [9.17, 15) is 19.5 Å². The lowest BCUT2D eigenvalue weighted by molar-refractivity contribution is 0.0696. The van der Waals surface area contributed by atoms with E-state index in [1.54, 1.807) is 6.07 Å². The first-order valence-electron chi connectivity index (χ1n) is 15.3. The maximum atomic E-state index is 13.6. The zero-order valence-electron chi connectivity index (χ0n) is 24.8. The Labute approximate surface area is 267 Å². The lowest BCUT2D eigenvalue weighted by Crippen LogP contribution is -2.15. The zero-order chi connectivity index (χ0) is 31.8. The third-order valence-corrected chi connectivity index (χ3v) is 9.15. The van der Waals surface area contributed by atoms with Gasteiger partial charge >= 0.3 is 5.97 Å². The molecule has 0 heterocycles. The quantitative estimate of drug-likeness (QED) is 0.170. The molecule has 9 aromatic carbocycles. The molecule has 6 nitrogen and oxygen atoms in total. The summed E-state index contributed by atoms with van der Waals surface area (Å²) in [6.07, 6.45) is 0. The zero-order valence-corrected chi connectivity index (χ0v) is 24.8. The Hall–Kier alpha value is -6.53. The van der Waals surface area contributed by atoms with Crippen LogP contribution in [-0.4, -0.2) is 22.9 Å². The summed E-state index contributed by atoms with van der Waals surface area (Å²) in [4.78, 5) is 39.2. The average Bonchev–Trinajstić information content (AvgIpc) is 3.09. The highest BCUT2D eigenvalue weighted by Gasteiger charge is 2.17. The van der Waals surface area contributed by atoms with E-state index in [0.717, 1.165) is 64.6 Å². The highest BCUT2D eigenvalue weighted by Crippen LogP contribution is 2.37. The van der Waals surface area contributed by atoms with E-state index in [1.165, 1.54) is 12.1 Å². The lowest BCUT2D eigenvalue weighted by Gasteiger charge is -2.14. The van der Waals surface area contributed by atoms with Gasteiger partial charge in [-0.1, -0.05) is 84.9 Å². The van der Waals surface area contributed by atoms with Crippen molar-refractivity contribution in [2.24, 2.45) is 0 Å². The fourth-order valence-corrected chi connectivity index (χ4v) is 7.07. The van der Waals surface area contributed by atoms with Crippen molar-refractivity contribution in [3.63, 3.8) is 0 Å². The van der Waals surface area contributed by atoms with Gasteiger partial charge in [0.05, 0.1) is 5.56 Å². The third kappa shape index (κ3) is 4.30. The van der Waals surface area contributed by atoms with Crippen LogP contribution in [0.5, 0.6) is 0 Å². The second kappa shape index (κ2) is 9.99. The van der Waals surface area contributed by atoms with Gasteiger partial charge in [0.15, 0.2) is 0 Å². The maximum absolute atomic E-state index is 13.6. The van der Waals surface area contributed by atoms with Gasteiger partial charge in [-0.3, -0.25) is 9.59 Å². The molecule has 0 fully saturated rings. The summed E-state index contributed by atoms with van der Waals surface area (Å²) >= 11 is 0.